The summed E-state index contributed by atoms with van der Waals surface area (Å²) in [6.07, 6.45) is -2.70. The maximum atomic E-state index is 12.9. The molecule has 1 amide bonds. The number of halogens is 5. The van der Waals surface area contributed by atoms with Crippen molar-refractivity contribution in [2.24, 2.45) is 0 Å². The maximum Gasteiger partial charge on any atom is 0.255 e. The molecular formula is C11H10BrF4NO. The third-order valence-corrected chi connectivity index (χ3v) is 2.46. The van der Waals surface area contributed by atoms with E-state index in [1.54, 1.807) is 0 Å². The predicted octanol–water partition coefficient (Wildman–Crippen LogP) is 3.07. The number of rotatable bonds is 5. The first-order chi connectivity index (χ1) is 8.43. The lowest BCUT2D eigenvalue weighted by molar-refractivity contribution is 0.0571. The van der Waals surface area contributed by atoms with Gasteiger partial charge in [0.15, 0.2) is 0 Å². The Bertz CT molecular complexity index is 407. The second-order valence-corrected chi connectivity index (χ2v) is 4.28. The van der Waals surface area contributed by atoms with Gasteiger partial charge in [0, 0.05) is 23.5 Å². The molecule has 0 heterocycles. The van der Waals surface area contributed by atoms with Crippen LogP contribution in [0.3, 0.4) is 0 Å². The summed E-state index contributed by atoms with van der Waals surface area (Å²) >= 11 is 3.02. The van der Waals surface area contributed by atoms with E-state index in [1.165, 1.54) is 0 Å². The van der Waals surface area contributed by atoms with Gasteiger partial charge < -0.3 is 4.90 Å². The molecular weight excluding hydrogens is 318 g/mol. The number of nitrogens with zero attached hydrogens (tertiary/aromatic N) is 1. The van der Waals surface area contributed by atoms with Crippen molar-refractivity contribution in [3.63, 3.8) is 0 Å². The van der Waals surface area contributed by atoms with Gasteiger partial charge in [-0.05, 0) is 12.1 Å². The van der Waals surface area contributed by atoms with Crippen molar-refractivity contribution in [2.75, 3.05) is 18.4 Å². The second kappa shape index (κ2) is 6.72. The minimum atomic E-state index is -2.70. The van der Waals surface area contributed by atoms with Crippen molar-refractivity contribution < 1.29 is 22.4 Å². The van der Waals surface area contributed by atoms with E-state index in [-0.39, 0.29) is 12.1 Å². The van der Waals surface area contributed by atoms with E-state index >= 15 is 0 Å². The molecule has 0 saturated carbocycles. The van der Waals surface area contributed by atoms with Crippen molar-refractivity contribution in [3.05, 3.63) is 35.4 Å². The molecule has 1 rings (SSSR count). The van der Waals surface area contributed by atoms with Crippen molar-refractivity contribution >= 4 is 21.8 Å². The largest absolute Gasteiger partial charge is 0.332 e. The number of benzene rings is 1. The van der Waals surface area contributed by atoms with E-state index < -0.39 is 30.5 Å². The first-order valence-electron chi connectivity index (χ1n) is 5.03. The van der Waals surface area contributed by atoms with Crippen molar-refractivity contribution in [1.29, 1.82) is 0 Å². The van der Waals surface area contributed by atoms with Gasteiger partial charge in [0.05, 0.1) is 6.54 Å². The highest BCUT2D eigenvalue weighted by atomic mass is 79.9. The lowest BCUT2D eigenvalue weighted by atomic mass is 10.2. The van der Waals surface area contributed by atoms with Gasteiger partial charge in [0.25, 0.3) is 12.3 Å². The number of carbonyl (C=O) groups excluding carboxylic acids is 1. The molecule has 0 bridgehead atoms. The van der Waals surface area contributed by atoms with E-state index in [1.807, 2.05) is 0 Å². The van der Waals surface area contributed by atoms with Crippen LogP contribution in [0.2, 0.25) is 0 Å². The van der Waals surface area contributed by atoms with Gasteiger partial charge in [-0.3, -0.25) is 4.79 Å². The van der Waals surface area contributed by atoms with E-state index in [2.05, 4.69) is 15.9 Å². The Morgan fingerprint density at radius 3 is 2.22 bits per heavy atom. The molecule has 0 N–H and O–H groups in total. The molecule has 0 saturated heterocycles. The molecule has 0 aliphatic rings. The topological polar surface area (TPSA) is 20.3 Å². The molecule has 7 heteroatoms. The van der Waals surface area contributed by atoms with Crippen molar-refractivity contribution in [1.82, 2.24) is 4.90 Å². The van der Waals surface area contributed by atoms with Crippen LogP contribution in [0.4, 0.5) is 17.6 Å². The number of hydrogen-bond donors (Lipinski definition) is 0. The average Bonchev–Trinajstić information content (AvgIpc) is 2.25. The van der Waals surface area contributed by atoms with Crippen LogP contribution < -0.4 is 0 Å². The summed E-state index contributed by atoms with van der Waals surface area (Å²) in [4.78, 5) is 12.7. The van der Waals surface area contributed by atoms with Crippen LogP contribution in [0, 0.1) is 11.6 Å². The molecule has 0 radical (unpaired) electrons. The molecule has 1 aromatic carbocycles. The third kappa shape index (κ3) is 4.29. The number of hydrogen-bond acceptors (Lipinski definition) is 1. The quantitative estimate of drug-likeness (QED) is 0.601. The SMILES string of the molecule is O=C(c1cc(F)cc(F)c1)N(CCBr)CC(F)F. The highest BCUT2D eigenvalue weighted by molar-refractivity contribution is 9.09. The molecule has 0 aliphatic heterocycles. The fraction of sp³-hybridized carbons (Fsp3) is 0.364. The molecule has 0 fully saturated rings. The lowest BCUT2D eigenvalue weighted by Gasteiger charge is -2.21. The first kappa shape index (κ1) is 14.9. The summed E-state index contributed by atoms with van der Waals surface area (Å²) in [7, 11) is 0. The Balaban J connectivity index is 2.93. The highest BCUT2D eigenvalue weighted by Gasteiger charge is 2.20. The van der Waals surface area contributed by atoms with Gasteiger partial charge in [-0.25, -0.2) is 17.6 Å². The van der Waals surface area contributed by atoms with Crippen LogP contribution in [0.15, 0.2) is 18.2 Å². The Hall–Kier alpha value is -1.11. The van der Waals surface area contributed by atoms with Crippen LogP contribution in [0.5, 0.6) is 0 Å². The van der Waals surface area contributed by atoms with Crippen LogP contribution >= 0.6 is 15.9 Å². The Kier molecular flexibility index (Phi) is 5.58. The number of carbonyl (C=O) groups is 1. The molecule has 18 heavy (non-hydrogen) atoms. The van der Waals surface area contributed by atoms with Gasteiger partial charge in [0.2, 0.25) is 0 Å². The third-order valence-electron chi connectivity index (χ3n) is 2.11. The Morgan fingerprint density at radius 1 is 1.22 bits per heavy atom. The van der Waals surface area contributed by atoms with Gasteiger partial charge >= 0.3 is 0 Å². The zero-order valence-electron chi connectivity index (χ0n) is 9.18. The molecule has 0 unspecified atom stereocenters. The van der Waals surface area contributed by atoms with E-state index in [0.717, 1.165) is 17.0 Å². The van der Waals surface area contributed by atoms with E-state index in [4.69, 9.17) is 0 Å². The molecule has 100 valence electrons. The van der Waals surface area contributed by atoms with Crippen LogP contribution in [0.1, 0.15) is 10.4 Å². The smallest absolute Gasteiger partial charge is 0.255 e. The molecule has 0 atom stereocenters. The summed E-state index contributed by atoms with van der Waals surface area (Å²) in [5.41, 5.74) is -0.283. The Morgan fingerprint density at radius 2 is 1.78 bits per heavy atom. The normalized spacial score (nSPS) is 10.8. The van der Waals surface area contributed by atoms with Crippen LogP contribution in [-0.4, -0.2) is 35.7 Å². The van der Waals surface area contributed by atoms with Gasteiger partial charge in [0.1, 0.15) is 11.6 Å². The lowest BCUT2D eigenvalue weighted by Crippen LogP contribution is -2.36. The van der Waals surface area contributed by atoms with Crippen molar-refractivity contribution in [2.45, 2.75) is 6.43 Å². The van der Waals surface area contributed by atoms with E-state index in [9.17, 15) is 22.4 Å². The zero-order chi connectivity index (χ0) is 13.7. The molecule has 2 nitrogen and oxygen atoms in total. The molecule has 0 aliphatic carbocycles. The minimum Gasteiger partial charge on any atom is -0.332 e. The van der Waals surface area contributed by atoms with E-state index in [0.29, 0.717) is 11.4 Å². The van der Waals surface area contributed by atoms with Crippen LogP contribution in [0.25, 0.3) is 0 Å². The van der Waals surface area contributed by atoms with Gasteiger partial charge in [-0.15, -0.1) is 0 Å². The number of amides is 1. The monoisotopic (exact) mass is 327 g/mol. The standard InChI is InChI=1S/C11H10BrF4NO/c12-1-2-17(6-10(15)16)11(18)7-3-8(13)5-9(14)4-7/h3-5,10H,1-2,6H2. The average molecular weight is 328 g/mol. The van der Waals surface area contributed by atoms with Crippen molar-refractivity contribution in [3.8, 4) is 0 Å². The number of alkyl halides is 3. The second-order valence-electron chi connectivity index (χ2n) is 3.49. The summed E-state index contributed by atoms with van der Waals surface area (Å²) < 4.78 is 50.4. The molecule has 0 aromatic heterocycles. The summed E-state index contributed by atoms with van der Waals surface area (Å²) in [5.74, 6) is -2.67. The summed E-state index contributed by atoms with van der Waals surface area (Å²) in [6.45, 7) is -0.746. The molecule has 1 aromatic rings. The Labute approximate surface area is 110 Å². The van der Waals surface area contributed by atoms with Gasteiger partial charge in [-0.2, -0.15) is 0 Å². The fourth-order valence-corrected chi connectivity index (χ4v) is 1.83. The van der Waals surface area contributed by atoms with Crippen LogP contribution in [-0.2, 0) is 0 Å². The fourth-order valence-electron chi connectivity index (χ4n) is 1.40. The summed E-state index contributed by atoms with van der Waals surface area (Å²) in [5, 5.41) is 0.295. The predicted molar refractivity (Wildman–Crippen MR) is 62.1 cm³/mol. The first-order valence-corrected chi connectivity index (χ1v) is 6.15. The minimum absolute atomic E-state index is 0.0291. The van der Waals surface area contributed by atoms with Gasteiger partial charge in [-0.1, -0.05) is 15.9 Å². The summed E-state index contributed by atoms with van der Waals surface area (Å²) in [6, 6.07) is 2.24. The zero-order valence-corrected chi connectivity index (χ0v) is 10.8. The highest BCUT2D eigenvalue weighted by Crippen LogP contribution is 2.12. The molecule has 0 spiro atoms. The maximum absolute atomic E-state index is 12.9.